The molecule has 1 saturated heterocycles. The van der Waals surface area contributed by atoms with Gasteiger partial charge in [0.1, 0.15) is 11.5 Å². The third-order valence-electron chi connectivity index (χ3n) is 3.73. The van der Waals surface area contributed by atoms with Crippen LogP contribution in [0, 0.1) is 5.92 Å². The molecule has 20 heavy (non-hydrogen) atoms. The Morgan fingerprint density at radius 3 is 2.85 bits per heavy atom. The van der Waals surface area contributed by atoms with Crippen LogP contribution in [0.5, 0.6) is 5.75 Å². The lowest BCUT2D eigenvalue weighted by Crippen LogP contribution is -2.30. The molecule has 1 atom stereocenters. The number of hydrogen-bond acceptors (Lipinski definition) is 2. The zero-order valence-corrected chi connectivity index (χ0v) is 11.5. The normalized spacial score (nSPS) is 22.0. The highest BCUT2D eigenvalue weighted by Gasteiger charge is 2.23. The van der Waals surface area contributed by atoms with Crippen LogP contribution >= 0.6 is 0 Å². The van der Waals surface area contributed by atoms with Crippen molar-refractivity contribution in [3.63, 3.8) is 0 Å². The van der Waals surface area contributed by atoms with Crippen molar-refractivity contribution in [2.75, 3.05) is 13.1 Å². The number of benzene rings is 1. The van der Waals surface area contributed by atoms with Gasteiger partial charge in [-0.2, -0.15) is 0 Å². The van der Waals surface area contributed by atoms with E-state index in [-0.39, 0.29) is 0 Å². The zero-order chi connectivity index (χ0) is 13.8. The molecule has 3 heteroatoms. The molecule has 1 unspecified atom stereocenters. The molecule has 104 valence electrons. The number of amides is 1. The summed E-state index contributed by atoms with van der Waals surface area (Å²) in [6.07, 6.45) is 8.96. The molecule has 1 heterocycles. The van der Waals surface area contributed by atoms with Gasteiger partial charge in [-0.3, -0.25) is 4.79 Å². The minimum Gasteiger partial charge on any atom is -0.458 e. The lowest BCUT2D eigenvalue weighted by Gasteiger charge is -2.23. The van der Waals surface area contributed by atoms with Crippen LogP contribution in [0.2, 0.25) is 0 Å². The van der Waals surface area contributed by atoms with Crippen molar-refractivity contribution in [1.29, 1.82) is 0 Å². The van der Waals surface area contributed by atoms with Gasteiger partial charge in [-0.15, -0.1) is 0 Å². The minimum atomic E-state index is 0.290. The Labute approximate surface area is 119 Å². The molecule has 0 spiro atoms. The van der Waals surface area contributed by atoms with E-state index < -0.39 is 0 Å². The van der Waals surface area contributed by atoms with Crippen LogP contribution in [0.15, 0.2) is 54.3 Å². The fourth-order valence-electron chi connectivity index (χ4n) is 2.71. The van der Waals surface area contributed by atoms with Crippen LogP contribution in [0.25, 0.3) is 0 Å². The number of rotatable bonds is 4. The van der Waals surface area contributed by atoms with Crippen molar-refractivity contribution in [2.45, 2.75) is 19.3 Å². The first kappa shape index (κ1) is 13.0. The molecule has 2 aliphatic rings. The molecule has 1 aromatic carbocycles. The van der Waals surface area contributed by atoms with Gasteiger partial charge in [0.2, 0.25) is 5.91 Å². The van der Waals surface area contributed by atoms with E-state index in [2.05, 4.69) is 12.2 Å². The van der Waals surface area contributed by atoms with Crippen LogP contribution in [0.1, 0.15) is 19.3 Å². The number of allylic oxidation sites excluding steroid dienone is 2. The maximum absolute atomic E-state index is 11.7. The largest absolute Gasteiger partial charge is 0.458 e. The third-order valence-corrected chi connectivity index (χ3v) is 3.73. The number of likely N-dealkylation sites (tertiary alicyclic amines) is 1. The summed E-state index contributed by atoms with van der Waals surface area (Å²) >= 11 is 0. The smallest absolute Gasteiger partial charge is 0.222 e. The Kier molecular flexibility index (Phi) is 3.86. The molecule has 1 fully saturated rings. The van der Waals surface area contributed by atoms with E-state index in [0.29, 0.717) is 18.2 Å². The van der Waals surface area contributed by atoms with Crippen molar-refractivity contribution < 1.29 is 9.53 Å². The van der Waals surface area contributed by atoms with Crippen LogP contribution < -0.4 is 4.74 Å². The van der Waals surface area contributed by atoms with Gasteiger partial charge in [-0.25, -0.2) is 0 Å². The first-order valence-electron chi connectivity index (χ1n) is 7.20. The number of hydrogen-bond donors (Lipinski definition) is 0. The predicted octanol–water partition coefficient (Wildman–Crippen LogP) is 3.15. The van der Waals surface area contributed by atoms with Crippen molar-refractivity contribution >= 4 is 5.91 Å². The maximum atomic E-state index is 11.7. The van der Waals surface area contributed by atoms with Crippen LogP contribution in [-0.2, 0) is 4.79 Å². The molecule has 0 N–H and O–H groups in total. The highest BCUT2D eigenvalue weighted by molar-refractivity contribution is 5.78. The fourth-order valence-corrected chi connectivity index (χ4v) is 2.71. The average Bonchev–Trinajstić information content (AvgIpc) is 2.86. The lowest BCUT2D eigenvalue weighted by atomic mass is 9.99. The van der Waals surface area contributed by atoms with E-state index in [1.807, 2.05) is 41.3 Å². The fraction of sp³-hybridized carbons (Fsp3) is 0.353. The average molecular weight is 269 g/mol. The number of ether oxygens (including phenoxy) is 1. The number of carbonyl (C=O) groups excluding carboxylic acids is 1. The molecule has 0 bridgehead atoms. The second kappa shape index (κ2) is 5.95. The molecule has 1 aromatic rings. The predicted molar refractivity (Wildman–Crippen MR) is 78.2 cm³/mol. The molecule has 1 aliphatic carbocycles. The van der Waals surface area contributed by atoms with E-state index in [9.17, 15) is 4.79 Å². The standard InChI is InChI=1S/C17H19NO2/c19-17-10-5-11-18(17)13-14-6-4-9-16(12-14)20-15-7-2-1-3-8-15/h1-4,7-9,12,14H,5-6,10-11,13H2. The van der Waals surface area contributed by atoms with Crippen molar-refractivity contribution in [2.24, 2.45) is 5.92 Å². The van der Waals surface area contributed by atoms with Crippen LogP contribution in [0.3, 0.4) is 0 Å². The van der Waals surface area contributed by atoms with E-state index in [4.69, 9.17) is 4.74 Å². The van der Waals surface area contributed by atoms with Gasteiger partial charge in [0.15, 0.2) is 0 Å². The lowest BCUT2D eigenvalue weighted by molar-refractivity contribution is -0.128. The molecule has 0 saturated carbocycles. The number of para-hydroxylation sites is 1. The Hall–Kier alpha value is -2.03. The van der Waals surface area contributed by atoms with Gasteiger partial charge in [0, 0.05) is 25.4 Å². The van der Waals surface area contributed by atoms with Crippen molar-refractivity contribution in [3.8, 4) is 5.75 Å². The monoisotopic (exact) mass is 269 g/mol. The minimum absolute atomic E-state index is 0.290. The highest BCUT2D eigenvalue weighted by atomic mass is 16.5. The Morgan fingerprint density at radius 1 is 1.25 bits per heavy atom. The van der Waals surface area contributed by atoms with Gasteiger partial charge in [-0.05, 0) is 37.1 Å². The quantitative estimate of drug-likeness (QED) is 0.840. The topological polar surface area (TPSA) is 29.5 Å². The third kappa shape index (κ3) is 3.10. The maximum Gasteiger partial charge on any atom is 0.222 e. The molecule has 3 rings (SSSR count). The molecule has 0 radical (unpaired) electrons. The van der Waals surface area contributed by atoms with Gasteiger partial charge in [-0.1, -0.05) is 24.3 Å². The Balaban J connectivity index is 1.63. The molecule has 1 amide bonds. The highest BCUT2D eigenvalue weighted by Crippen LogP contribution is 2.23. The second-order valence-corrected chi connectivity index (χ2v) is 5.33. The first-order chi connectivity index (χ1) is 9.81. The second-order valence-electron chi connectivity index (χ2n) is 5.33. The van der Waals surface area contributed by atoms with Crippen LogP contribution in [0.4, 0.5) is 0 Å². The summed E-state index contributed by atoms with van der Waals surface area (Å²) in [5.41, 5.74) is 0. The molecule has 0 aromatic heterocycles. The van der Waals surface area contributed by atoms with E-state index >= 15 is 0 Å². The van der Waals surface area contributed by atoms with Gasteiger partial charge >= 0.3 is 0 Å². The molecule has 1 aliphatic heterocycles. The summed E-state index contributed by atoms with van der Waals surface area (Å²) in [6, 6.07) is 9.79. The number of carbonyl (C=O) groups is 1. The van der Waals surface area contributed by atoms with Gasteiger partial charge in [0.05, 0.1) is 0 Å². The molecule has 3 nitrogen and oxygen atoms in total. The summed E-state index contributed by atoms with van der Waals surface area (Å²) in [5.74, 6) is 2.37. The summed E-state index contributed by atoms with van der Waals surface area (Å²) in [5, 5.41) is 0. The van der Waals surface area contributed by atoms with E-state index in [0.717, 1.165) is 37.4 Å². The molecular formula is C17H19NO2. The summed E-state index contributed by atoms with van der Waals surface area (Å²) in [4.78, 5) is 13.6. The van der Waals surface area contributed by atoms with Gasteiger partial charge in [0.25, 0.3) is 0 Å². The summed E-state index contributed by atoms with van der Waals surface area (Å²) < 4.78 is 5.85. The Morgan fingerprint density at radius 2 is 2.10 bits per heavy atom. The van der Waals surface area contributed by atoms with E-state index in [1.54, 1.807) is 0 Å². The SMILES string of the molecule is O=C1CCCN1CC1C=C(Oc2ccccc2)C=CC1. The van der Waals surface area contributed by atoms with Crippen molar-refractivity contribution in [1.82, 2.24) is 4.90 Å². The first-order valence-corrected chi connectivity index (χ1v) is 7.20. The Bertz CT molecular complexity index is 533. The molecular weight excluding hydrogens is 250 g/mol. The van der Waals surface area contributed by atoms with Gasteiger partial charge < -0.3 is 9.64 Å². The zero-order valence-electron chi connectivity index (χ0n) is 11.5. The van der Waals surface area contributed by atoms with Crippen LogP contribution in [-0.4, -0.2) is 23.9 Å². The summed E-state index contributed by atoms with van der Waals surface area (Å²) in [7, 11) is 0. The number of nitrogens with zero attached hydrogens (tertiary/aromatic N) is 1. The van der Waals surface area contributed by atoms with Crippen molar-refractivity contribution in [3.05, 3.63) is 54.3 Å². The van der Waals surface area contributed by atoms with E-state index in [1.165, 1.54) is 0 Å². The summed E-state index contributed by atoms with van der Waals surface area (Å²) in [6.45, 7) is 1.71.